The van der Waals surface area contributed by atoms with Crippen molar-refractivity contribution < 1.29 is 4.79 Å². The van der Waals surface area contributed by atoms with Crippen molar-refractivity contribution in [2.75, 3.05) is 11.4 Å². The highest BCUT2D eigenvalue weighted by molar-refractivity contribution is 7.14. The summed E-state index contributed by atoms with van der Waals surface area (Å²) in [5.41, 5.74) is 1.82. The van der Waals surface area contributed by atoms with Gasteiger partial charge in [-0.25, -0.2) is 9.97 Å². The van der Waals surface area contributed by atoms with Crippen molar-refractivity contribution in [3.63, 3.8) is 0 Å². The standard InChI is InChI=1S/C18H12Cl3N3OS/c1-2-8-24(17(25)12-4-3-7-22-16(12)21)18-23-15(10-26-18)11-5-6-13(19)14(20)9-11/h2-7,9-10H,1,8H2. The van der Waals surface area contributed by atoms with Gasteiger partial charge in [-0.3, -0.25) is 9.69 Å². The van der Waals surface area contributed by atoms with E-state index in [0.29, 0.717) is 33.0 Å². The van der Waals surface area contributed by atoms with Gasteiger partial charge in [-0.15, -0.1) is 17.9 Å². The second kappa shape index (κ2) is 8.18. The summed E-state index contributed by atoms with van der Waals surface area (Å²) in [4.78, 5) is 22.9. The molecule has 4 nitrogen and oxygen atoms in total. The van der Waals surface area contributed by atoms with Crippen LogP contribution in [0.2, 0.25) is 15.2 Å². The molecule has 0 N–H and O–H groups in total. The molecular formula is C18H12Cl3N3OS. The Labute approximate surface area is 169 Å². The minimum absolute atomic E-state index is 0.146. The summed E-state index contributed by atoms with van der Waals surface area (Å²) in [5, 5.41) is 3.44. The zero-order valence-corrected chi connectivity index (χ0v) is 16.4. The van der Waals surface area contributed by atoms with Gasteiger partial charge in [0.25, 0.3) is 5.91 Å². The molecule has 0 saturated heterocycles. The maximum Gasteiger partial charge on any atom is 0.263 e. The van der Waals surface area contributed by atoms with Crippen molar-refractivity contribution in [2.45, 2.75) is 0 Å². The molecule has 0 atom stereocenters. The van der Waals surface area contributed by atoms with Crippen LogP contribution in [0.5, 0.6) is 0 Å². The number of carbonyl (C=O) groups excluding carboxylic acids is 1. The maximum absolute atomic E-state index is 12.9. The SMILES string of the molecule is C=CCN(C(=O)c1cccnc1Cl)c1nc(-c2ccc(Cl)c(Cl)c2)cs1. The third-order valence-electron chi connectivity index (χ3n) is 3.48. The molecule has 0 saturated carbocycles. The first kappa shape index (κ1) is 18.9. The smallest absolute Gasteiger partial charge is 0.263 e. The maximum atomic E-state index is 12.9. The average molecular weight is 425 g/mol. The predicted octanol–water partition coefficient (Wildman–Crippen LogP) is 6.00. The lowest BCUT2D eigenvalue weighted by Crippen LogP contribution is -2.31. The number of pyridine rings is 1. The Morgan fingerprint density at radius 2 is 2.04 bits per heavy atom. The quantitative estimate of drug-likeness (QED) is 0.373. The molecule has 2 heterocycles. The Kier molecular flexibility index (Phi) is 5.94. The van der Waals surface area contributed by atoms with Gasteiger partial charge >= 0.3 is 0 Å². The summed E-state index contributed by atoms with van der Waals surface area (Å²) < 4.78 is 0. The summed E-state index contributed by atoms with van der Waals surface area (Å²) >= 11 is 19.4. The van der Waals surface area contributed by atoms with Gasteiger partial charge < -0.3 is 0 Å². The molecule has 2 aromatic heterocycles. The molecule has 0 aliphatic rings. The third-order valence-corrected chi connectivity index (χ3v) is 5.39. The van der Waals surface area contributed by atoms with Crippen molar-refractivity contribution in [3.8, 4) is 11.3 Å². The molecule has 0 aliphatic carbocycles. The Bertz CT molecular complexity index is 974. The van der Waals surface area contributed by atoms with Gasteiger partial charge in [0.05, 0.1) is 21.3 Å². The minimum atomic E-state index is -0.293. The summed E-state index contributed by atoms with van der Waals surface area (Å²) in [6, 6.07) is 8.56. The predicted molar refractivity (Wildman–Crippen MR) is 109 cm³/mol. The van der Waals surface area contributed by atoms with E-state index in [0.717, 1.165) is 5.56 Å². The van der Waals surface area contributed by atoms with Crippen molar-refractivity contribution >= 4 is 57.2 Å². The van der Waals surface area contributed by atoms with Crippen LogP contribution in [-0.2, 0) is 0 Å². The van der Waals surface area contributed by atoms with Crippen molar-refractivity contribution in [1.29, 1.82) is 0 Å². The number of amides is 1. The molecule has 8 heteroatoms. The van der Waals surface area contributed by atoms with Crippen LogP contribution in [0.4, 0.5) is 5.13 Å². The number of carbonyl (C=O) groups is 1. The number of hydrogen-bond donors (Lipinski definition) is 0. The molecule has 1 aromatic carbocycles. The fourth-order valence-electron chi connectivity index (χ4n) is 2.24. The molecule has 26 heavy (non-hydrogen) atoms. The van der Waals surface area contributed by atoms with Crippen LogP contribution in [0.25, 0.3) is 11.3 Å². The molecule has 0 bridgehead atoms. The van der Waals surface area contributed by atoms with Crippen molar-refractivity contribution in [3.05, 3.63) is 75.3 Å². The zero-order valence-electron chi connectivity index (χ0n) is 13.3. The molecule has 1 amide bonds. The molecule has 0 unspecified atom stereocenters. The van der Waals surface area contributed by atoms with Crippen molar-refractivity contribution in [2.24, 2.45) is 0 Å². The second-order valence-corrected chi connectivity index (χ2v) is 7.20. The average Bonchev–Trinajstić information content (AvgIpc) is 3.11. The van der Waals surface area contributed by atoms with Gasteiger partial charge in [0.2, 0.25) is 0 Å². The molecule has 3 rings (SSSR count). The first-order valence-electron chi connectivity index (χ1n) is 7.45. The first-order chi connectivity index (χ1) is 12.5. The highest BCUT2D eigenvalue weighted by atomic mass is 35.5. The van der Waals surface area contributed by atoms with Gasteiger partial charge in [-0.2, -0.15) is 0 Å². The highest BCUT2D eigenvalue weighted by Gasteiger charge is 2.22. The van der Waals surface area contributed by atoms with Gasteiger partial charge in [0, 0.05) is 23.7 Å². The van der Waals surface area contributed by atoms with Crippen LogP contribution in [0.15, 0.2) is 54.6 Å². The number of benzene rings is 1. The van der Waals surface area contributed by atoms with Crippen LogP contribution in [0, 0.1) is 0 Å². The summed E-state index contributed by atoms with van der Waals surface area (Å²) in [7, 11) is 0. The van der Waals surface area contributed by atoms with E-state index >= 15 is 0 Å². The normalized spacial score (nSPS) is 10.6. The highest BCUT2D eigenvalue weighted by Crippen LogP contribution is 2.32. The monoisotopic (exact) mass is 423 g/mol. The van der Waals surface area contributed by atoms with E-state index in [1.54, 1.807) is 30.3 Å². The van der Waals surface area contributed by atoms with Gasteiger partial charge in [0.1, 0.15) is 5.15 Å². The molecule has 0 fully saturated rings. The number of nitrogens with zero attached hydrogens (tertiary/aromatic N) is 3. The topological polar surface area (TPSA) is 46.1 Å². The van der Waals surface area contributed by atoms with E-state index in [4.69, 9.17) is 34.8 Å². The molecule has 0 aliphatic heterocycles. The lowest BCUT2D eigenvalue weighted by Gasteiger charge is -2.18. The van der Waals surface area contributed by atoms with E-state index in [9.17, 15) is 4.79 Å². The summed E-state index contributed by atoms with van der Waals surface area (Å²) in [6.07, 6.45) is 3.16. The van der Waals surface area contributed by atoms with Crippen LogP contribution in [-0.4, -0.2) is 22.4 Å². The Balaban J connectivity index is 1.95. The molecule has 0 spiro atoms. The van der Waals surface area contributed by atoms with Gasteiger partial charge in [-0.1, -0.05) is 46.9 Å². The Morgan fingerprint density at radius 1 is 1.23 bits per heavy atom. The van der Waals surface area contributed by atoms with Crippen LogP contribution in [0.3, 0.4) is 0 Å². The lowest BCUT2D eigenvalue weighted by molar-refractivity contribution is 0.0989. The van der Waals surface area contributed by atoms with Gasteiger partial charge in [-0.05, 0) is 24.3 Å². The Morgan fingerprint density at radius 3 is 2.73 bits per heavy atom. The first-order valence-corrected chi connectivity index (χ1v) is 9.47. The zero-order chi connectivity index (χ0) is 18.7. The van der Waals surface area contributed by atoms with Crippen molar-refractivity contribution in [1.82, 2.24) is 9.97 Å². The van der Waals surface area contributed by atoms with Crippen LogP contribution >= 0.6 is 46.1 Å². The van der Waals surface area contributed by atoms with E-state index in [1.165, 1.54) is 22.4 Å². The van der Waals surface area contributed by atoms with Crippen LogP contribution in [0.1, 0.15) is 10.4 Å². The van der Waals surface area contributed by atoms with E-state index in [2.05, 4.69) is 16.5 Å². The number of thiazole rings is 1. The van der Waals surface area contributed by atoms with E-state index in [1.807, 2.05) is 11.4 Å². The molecule has 0 radical (unpaired) electrons. The van der Waals surface area contributed by atoms with E-state index in [-0.39, 0.29) is 11.1 Å². The Hall–Kier alpha value is -1.92. The largest absolute Gasteiger partial charge is 0.280 e. The van der Waals surface area contributed by atoms with E-state index < -0.39 is 0 Å². The second-order valence-electron chi connectivity index (χ2n) is 5.19. The molecular weight excluding hydrogens is 413 g/mol. The third kappa shape index (κ3) is 3.91. The fraction of sp³-hybridized carbons (Fsp3) is 0.0556. The number of hydrogen-bond acceptors (Lipinski definition) is 4. The minimum Gasteiger partial charge on any atom is -0.280 e. The van der Waals surface area contributed by atoms with Crippen LogP contribution < -0.4 is 4.90 Å². The number of aromatic nitrogens is 2. The summed E-state index contributed by atoms with van der Waals surface area (Å²) in [6.45, 7) is 4.00. The fourth-order valence-corrected chi connectivity index (χ4v) is 3.58. The molecule has 3 aromatic rings. The number of halogens is 3. The summed E-state index contributed by atoms with van der Waals surface area (Å²) in [5.74, 6) is -0.293. The molecule has 132 valence electrons. The van der Waals surface area contributed by atoms with Gasteiger partial charge in [0.15, 0.2) is 5.13 Å². The number of anilines is 1. The number of rotatable bonds is 5. The lowest BCUT2D eigenvalue weighted by atomic mass is 10.2.